The molecule has 37 heavy (non-hydrogen) atoms. The molecule has 0 aliphatic carbocycles. The third-order valence-electron chi connectivity index (χ3n) is 6.32. The number of hydrogen-bond donors (Lipinski definition) is 0. The lowest BCUT2D eigenvalue weighted by Gasteiger charge is -2.31. The predicted molar refractivity (Wildman–Crippen MR) is 150 cm³/mol. The van der Waals surface area contributed by atoms with Gasteiger partial charge in [0.15, 0.2) is 0 Å². The lowest BCUT2D eigenvalue weighted by molar-refractivity contribution is -0.116. The average molecular weight is 492 g/mol. The predicted octanol–water partition coefficient (Wildman–Crippen LogP) is 6.97. The molecule has 0 saturated carbocycles. The van der Waals surface area contributed by atoms with Crippen LogP contribution in [0.3, 0.4) is 0 Å². The number of nitriles is 1. The first-order chi connectivity index (χ1) is 17.8. The molecule has 0 spiro atoms. The molecule has 0 saturated heterocycles. The molecule has 1 aliphatic rings. The zero-order valence-electron chi connectivity index (χ0n) is 22.0. The molecule has 0 amide bonds. The number of rotatable bonds is 9. The number of amidine groups is 1. The van der Waals surface area contributed by atoms with E-state index in [9.17, 15) is 10.1 Å². The van der Waals surface area contributed by atoms with Crippen LogP contribution in [0.25, 0.3) is 11.1 Å². The molecule has 1 aliphatic heterocycles. The van der Waals surface area contributed by atoms with Crippen LogP contribution >= 0.6 is 0 Å². The van der Waals surface area contributed by atoms with Crippen molar-refractivity contribution in [2.75, 3.05) is 18.1 Å². The third-order valence-corrected chi connectivity index (χ3v) is 6.32. The van der Waals surface area contributed by atoms with Gasteiger partial charge in [-0.3, -0.25) is 4.79 Å². The number of Topliss-reactive ketones (excluding diaryl/α,β-unsaturated/α-hetero) is 1. The number of hydrogen-bond acceptors (Lipinski definition) is 5. The fourth-order valence-corrected chi connectivity index (χ4v) is 4.43. The smallest absolute Gasteiger partial charge is 0.135 e. The molecule has 188 valence electrons. The fourth-order valence-electron chi connectivity index (χ4n) is 4.43. The number of nitrogens with zero attached hydrogens (tertiary/aromatic N) is 3. The number of anilines is 1. The summed E-state index contributed by atoms with van der Waals surface area (Å²) in [5.41, 5.74) is 6.77. The third kappa shape index (κ3) is 6.54. The van der Waals surface area contributed by atoms with Gasteiger partial charge in [-0.15, -0.1) is 0 Å². The van der Waals surface area contributed by atoms with Crippen LogP contribution in [0.1, 0.15) is 45.2 Å². The van der Waals surface area contributed by atoms with Gasteiger partial charge >= 0.3 is 0 Å². The number of allylic oxidation sites excluding steroid dienone is 1. The van der Waals surface area contributed by atoms with Crippen LogP contribution in [-0.2, 0) is 11.2 Å². The molecule has 5 nitrogen and oxygen atoms in total. The molecule has 3 aromatic rings. The van der Waals surface area contributed by atoms with E-state index in [0.29, 0.717) is 37.5 Å². The van der Waals surface area contributed by atoms with Gasteiger partial charge in [-0.05, 0) is 78.8 Å². The molecule has 5 heteroatoms. The summed E-state index contributed by atoms with van der Waals surface area (Å²) in [5, 5.41) is 9.45. The summed E-state index contributed by atoms with van der Waals surface area (Å²) in [6, 6.07) is 26.3. The van der Waals surface area contributed by atoms with Gasteiger partial charge in [-0.2, -0.15) is 5.26 Å². The van der Waals surface area contributed by atoms with E-state index in [0.717, 1.165) is 45.2 Å². The summed E-state index contributed by atoms with van der Waals surface area (Å²) in [6.07, 6.45) is 1.03. The number of carbonyl (C=O) groups excluding carboxylic acids is 1. The van der Waals surface area contributed by atoms with Crippen molar-refractivity contribution in [3.63, 3.8) is 0 Å². The zero-order chi connectivity index (χ0) is 26.4. The Balaban J connectivity index is 1.56. The maximum absolute atomic E-state index is 12.0. The first-order valence-electron chi connectivity index (χ1n) is 12.7. The molecule has 0 bridgehead atoms. The van der Waals surface area contributed by atoms with Gasteiger partial charge in [0.2, 0.25) is 0 Å². The molecule has 0 aromatic heterocycles. The van der Waals surface area contributed by atoms with E-state index in [-0.39, 0.29) is 5.78 Å². The van der Waals surface area contributed by atoms with Crippen molar-refractivity contribution in [2.24, 2.45) is 10.9 Å². The normalized spacial score (nSPS) is 13.4. The molecule has 0 atom stereocenters. The average Bonchev–Trinajstić information content (AvgIpc) is 2.89. The molecule has 0 fully saturated rings. The highest BCUT2D eigenvalue weighted by Crippen LogP contribution is 2.29. The maximum atomic E-state index is 12.0. The van der Waals surface area contributed by atoms with Crippen LogP contribution in [0.15, 0.2) is 89.1 Å². The SMILES string of the molecule is CC(=O)CC1=C(Cc2ccc(-c3ccccc3C#N)cc2)CN(c2ccc(OCC(C)C)cc2)C(C)=N1. The van der Waals surface area contributed by atoms with Gasteiger partial charge in [0.1, 0.15) is 17.4 Å². The number of aliphatic imine (C=N–C) groups is 1. The van der Waals surface area contributed by atoms with E-state index in [1.54, 1.807) is 6.92 Å². The van der Waals surface area contributed by atoms with Crippen LogP contribution in [0, 0.1) is 17.2 Å². The largest absolute Gasteiger partial charge is 0.493 e. The fraction of sp³-hybridized carbons (Fsp3) is 0.281. The van der Waals surface area contributed by atoms with E-state index in [1.807, 2.05) is 43.3 Å². The van der Waals surface area contributed by atoms with Crippen LogP contribution in [-0.4, -0.2) is 24.8 Å². The van der Waals surface area contributed by atoms with Gasteiger partial charge in [-0.1, -0.05) is 56.3 Å². The Bertz CT molecular complexity index is 1360. The van der Waals surface area contributed by atoms with E-state index >= 15 is 0 Å². The Morgan fingerprint density at radius 3 is 2.41 bits per heavy atom. The monoisotopic (exact) mass is 491 g/mol. The Morgan fingerprint density at radius 2 is 1.76 bits per heavy atom. The van der Waals surface area contributed by atoms with Gasteiger partial charge in [0.05, 0.1) is 23.9 Å². The lowest BCUT2D eigenvalue weighted by Crippen LogP contribution is -2.35. The second-order valence-corrected chi connectivity index (χ2v) is 9.90. The molecule has 0 N–H and O–H groups in total. The van der Waals surface area contributed by atoms with Crippen molar-refractivity contribution in [2.45, 2.75) is 40.5 Å². The highest BCUT2D eigenvalue weighted by Gasteiger charge is 2.22. The molecule has 0 unspecified atom stereocenters. The Morgan fingerprint density at radius 1 is 1.05 bits per heavy atom. The summed E-state index contributed by atoms with van der Waals surface area (Å²) in [6.45, 7) is 9.22. The van der Waals surface area contributed by atoms with Crippen molar-refractivity contribution in [3.8, 4) is 22.9 Å². The Kier molecular flexibility index (Phi) is 8.20. The van der Waals surface area contributed by atoms with Crippen molar-refractivity contribution < 1.29 is 9.53 Å². The summed E-state index contributed by atoms with van der Waals surface area (Å²) in [7, 11) is 0. The van der Waals surface area contributed by atoms with E-state index in [1.165, 1.54) is 0 Å². The van der Waals surface area contributed by atoms with Crippen molar-refractivity contribution >= 4 is 17.3 Å². The molecule has 3 aromatic carbocycles. The van der Waals surface area contributed by atoms with Gasteiger partial charge in [0.25, 0.3) is 0 Å². The van der Waals surface area contributed by atoms with Crippen molar-refractivity contribution in [1.82, 2.24) is 0 Å². The molecular weight excluding hydrogens is 458 g/mol. The lowest BCUT2D eigenvalue weighted by atomic mass is 9.95. The van der Waals surface area contributed by atoms with Gasteiger partial charge in [-0.25, -0.2) is 4.99 Å². The second kappa shape index (κ2) is 11.7. The Hall–Kier alpha value is -4.17. The zero-order valence-corrected chi connectivity index (χ0v) is 22.0. The summed E-state index contributed by atoms with van der Waals surface area (Å²) >= 11 is 0. The second-order valence-electron chi connectivity index (χ2n) is 9.90. The molecule has 4 rings (SSSR count). The summed E-state index contributed by atoms with van der Waals surface area (Å²) < 4.78 is 5.84. The Labute approximate surface area is 219 Å². The van der Waals surface area contributed by atoms with Crippen LogP contribution in [0.2, 0.25) is 0 Å². The minimum Gasteiger partial charge on any atom is -0.493 e. The standard InChI is InChI=1S/C32H33N3O2/c1-22(2)21-37-30-15-13-29(14-16-30)35-20-28(32(17-23(3)36)34-24(35)4)18-25-9-11-26(12-10-25)31-8-6-5-7-27(31)19-33/h5-16,22H,17-18,20-21H2,1-4H3. The first kappa shape index (κ1) is 25.9. The number of ketones is 1. The minimum atomic E-state index is 0.104. The van der Waals surface area contributed by atoms with E-state index < -0.39 is 0 Å². The van der Waals surface area contributed by atoms with E-state index in [4.69, 9.17) is 9.73 Å². The number of benzene rings is 3. The van der Waals surface area contributed by atoms with Crippen LogP contribution < -0.4 is 9.64 Å². The summed E-state index contributed by atoms with van der Waals surface area (Å²) in [4.78, 5) is 19.1. The van der Waals surface area contributed by atoms with Gasteiger partial charge < -0.3 is 9.64 Å². The number of carbonyl (C=O) groups is 1. The van der Waals surface area contributed by atoms with Crippen molar-refractivity contribution in [3.05, 3.63) is 95.2 Å². The van der Waals surface area contributed by atoms with E-state index in [2.05, 4.69) is 61.2 Å². The highest BCUT2D eigenvalue weighted by atomic mass is 16.5. The molecule has 0 radical (unpaired) electrons. The van der Waals surface area contributed by atoms with Crippen molar-refractivity contribution in [1.29, 1.82) is 5.26 Å². The summed E-state index contributed by atoms with van der Waals surface area (Å²) in [5.74, 6) is 2.31. The highest BCUT2D eigenvalue weighted by molar-refractivity contribution is 5.98. The quantitative estimate of drug-likeness (QED) is 0.324. The molecular formula is C32H33N3O2. The number of ether oxygens (including phenoxy) is 1. The minimum absolute atomic E-state index is 0.104. The topological polar surface area (TPSA) is 65.7 Å². The first-order valence-corrected chi connectivity index (χ1v) is 12.7. The van der Waals surface area contributed by atoms with Gasteiger partial charge in [0, 0.05) is 18.7 Å². The van der Waals surface area contributed by atoms with Crippen LogP contribution in [0.5, 0.6) is 5.75 Å². The molecule has 1 heterocycles. The maximum Gasteiger partial charge on any atom is 0.135 e. The van der Waals surface area contributed by atoms with Crippen LogP contribution in [0.4, 0.5) is 5.69 Å².